The molecule has 0 radical (unpaired) electrons. The number of nitrogens with zero attached hydrogens (tertiary/aromatic N) is 1. The molecule has 3 aromatic rings. The summed E-state index contributed by atoms with van der Waals surface area (Å²) in [6.07, 6.45) is 0.909. The molecule has 0 aliphatic rings. The Morgan fingerprint density at radius 2 is 1.73 bits per heavy atom. The molecule has 6 heteroatoms. The van der Waals surface area contributed by atoms with E-state index in [1.54, 1.807) is 12.1 Å². The molecule has 0 fully saturated rings. The normalized spacial score (nSPS) is 13.4. The molecule has 0 bridgehead atoms. The van der Waals surface area contributed by atoms with Crippen LogP contribution in [0.3, 0.4) is 0 Å². The first-order valence-corrected chi connectivity index (χ1v) is 10.1. The van der Waals surface area contributed by atoms with E-state index >= 15 is 0 Å². The van der Waals surface area contributed by atoms with Gasteiger partial charge in [-0.1, -0.05) is 44.2 Å². The lowest BCUT2D eigenvalue weighted by Crippen LogP contribution is -2.28. The van der Waals surface area contributed by atoms with Crippen molar-refractivity contribution < 1.29 is 13.5 Å². The number of benzene rings is 2. The number of rotatable bonds is 6. The number of fused-ring (bicyclic) bond motifs is 1. The maximum atomic E-state index is 12.5. The minimum absolute atomic E-state index is 0.0811. The third kappa shape index (κ3) is 3.67. The minimum atomic E-state index is -3.67. The predicted octanol–water partition coefficient (Wildman–Crippen LogP) is 3.31. The predicted molar refractivity (Wildman–Crippen MR) is 104 cm³/mol. The molecule has 5 nitrogen and oxygen atoms in total. The number of para-hydroxylation sites is 1. The van der Waals surface area contributed by atoms with Crippen LogP contribution >= 0.6 is 0 Å². The number of aliphatic hydroxyl groups is 1. The van der Waals surface area contributed by atoms with Gasteiger partial charge in [-0.3, -0.25) is 0 Å². The van der Waals surface area contributed by atoms with Crippen LogP contribution in [0, 0.1) is 0 Å². The molecule has 2 aromatic carbocycles. The summed E-state index contributed by atoms with van der Waals surface area (Å²) in [5, 5.41) is 11.4. The quantitative estimate of drug-likeness (QED) is 0.697. The highest BCUT2D eigenvalue weighted by Gasteiger charge is 2.19. The zero-order chi connectivity index (χ0) is 18.9. The molecule has 0 spiro atoms. The van der Waals surface area contributed by atoms with E-state index in [9.17, 15) is 13.5 Å². The molecule has 0 saturated heterocycles. The topological polar surface area (TPSA) is 71.3 Å². The summed E-state index contributed by atoms with van der Waals surface area (Å²) in [4.78, 5) is 0.201. The van der Waals surface area contributed by atoms with Gasteiger partial charge in [-0.05, 0) is 29.7 Å². The van der Waals surface area contributed by atoms with Gasteiger partial charge in [0, 0.05) is 36.3 Å². The first-order valence-electron chi connectivity index (χ1n) is 8.61. The van der Waals surface area contributed by atoms with Crippen molar-refractivity contribution in [2.45, 2.75) is 30.8 Å². The molecule has 1 heterocycles. The van der Waals surface area contributed by atoms with Gasteiger partial charge in [0.05, 0.1) is 11.0 Å². The SMILES string of the molecule is CC(C)c1ccc(S(=O)(=O)NCC(O)c2cn(C)c3ccccc23)cc1. The van der Waals surface area contributed by atoms with E-state index in [0.717, 1.165) is 16.5 Å². The molecule has 2 N–H and O–H groups in total. The van der Waals surface area contributed by atoms with Gasteiger partial charge >= 0.3 is 0 Å². The van der Waals surface area contributed by atoms with Crippen molar-refractivity contribution in [3.63, 3.8) is 0 Å². The van der Waals surface area contributed by atoms with Gasteiger partial charge in [-0.25, -0.2) is 13.1 Å². The zero-order valence-electron chi connectivity index (χ0n) is 15.2. The molecule has 138 valence electrons. The second-order valence-corrected chi connectivity index (χ2v) is 8.57. The van der Waals surface area contributed by atoms with Crippen molar-refractivity contribution in [3.8, 4) is 0 Å². The number of hydrogen-bond acceptors (Lipinski definition) is 3. The summed E-state index contributed by atoms with van der Waals surface area (Å²) in [5.41, 5.74) is 2.79. The van der Waals surface area contributed by atoms with E-state index in [-0.39, 0.29) is 11.4 Å². The van der Waals surface area contributed by atoms with E-state index in [1.165, 1.54) is 0 Å². The molecule has 1 atom stereocenters. The van der Waals surface area contributed by atoms with Gasteiger partial charge < -0.3 is 9.67 Å². The number of aryl methyl sites for hydroxylation is 1. The number of aromatic nitrogens is 1. The van der Waals surface area contributed by atoms with Crippen LogP contribution in [0.4, 0.5) is 0 Å². The van der Waals surface area contributed by atoms with Crippen LogP contribution in [0.5, 0.6) is 0 Å². The Balaban J connectivity index is 1.76. The Labute approximate surface area is 154 Å². The lowest BCUT2D eigenvalue weighted by Gasteiger charge is -2.13. The molecular weight excluding hydrogens is 348 g/mol. The highest BCUT2D eigenvalue weighted by atomic mass is 32.2. The monoisotopic (exact) mass is 372 g/mol. The zero-order valence-corrected chi connectivity index (χ0v) is 16.0. The molecule has 0 aliphatic carbocycles. The fourth-order valence-electron chi connectivity index (χ4n) is 3.05. The molecule has 3 rings (SSSR count). The van der Waals surface area contributed by atoms with E-state index in [4.69, 9.17) is 0 Å². The smallest absolute Gasteiger partial charge is 0.240 e. The Morgan fingerprint density at radius 1 is 1.08 bits per heavy atom. The number of aliphatic hydroxyl groups excluding tert-OH is 1. The number of nitrogens with one attached hydrogen (secondary N) is 1. The van der Waals surface area contributed by atoms with Gasteiger partial charge in [0.25, 0.3) is 0 Å². The molecular formula is C20H24N2O3S. The first kappa shape index (κ1) is 18.6. The van der Waals surface area contributed by atoms with E-state index in [0.29, 0.717) is 11.5 Å². The molecule has 1 unspecified atom stereocenters. The Bertz CT molecular complexity index is 1010. The Kier molecular flexibility index (Phi) is 5.18. The number of sulfonamides is 1. The fraction of sp³-hybridized carbons (Fsp3) is 0.300. The lowest BCUT2D eigenvalue weighted by molar-refractivity contribution is 0.183. The van der Waals surface area contributed by atoms with Gasteiger partial charge in [0.1, 0.15) is 0 Å². The van der Waals surface area contributed by atoms with E-state index < -0.39 is 16.1 Å². The average Bonchev–Trinajstić information content (AvgIpc) is 2.97. The lowest BCUT2D eigenvalue weighted by atomic mass is 10.0. The van der Waals surface area contributed by atoms with Gasteiger partial charge in [0.15, 0.2) is 0 Å². The van der Waals surface area contributed by atoms with Crippen molar-refractivity contribution in [2.24, 2.45) is 7.05 Å². The highest BCUT2D eigenvalue weighted by Crippen LogP contribution is 2.26. The Hall–Kier alpha value is -2.15. The maximum absolute atomic E-state index is 12.5. The molecule has 0 aliphatic heterocycles. The summed E-state index contributed by atoms with van der Waals surface area (Å²) in [5.74, 6) is 0.341. The molecule has 26 heavy (non-hydrogen) atoms. The van der Waals surface area contributed by atoms with Crippen molar-refractivity contribution >= 4 is 20.9 Å². The fourth-order valence-corrected chi connectivity index (χ4v) is 4.09. The summed E-state index contributed by atoms with van der Waals surface area (Å²) >= 11 is 0. The van der Waals surface area contributed by atoms with Crippen LogP contribution in [0.25, 0.3) is 10.9 Å². The average molecular weight is 372 g/mol. The van der Waals surface area contributed by atoms with Crippen LogP contribution in [0.15, 0.2) is 59.6 Å². The first-order chi connectivity index (χ1) is 12.3. The van der Waals surface area contributed by atoms with Crippen LogP contribution in [-0.2, 0) is 17.1 Å². The second kappa shape index (κ2) is 7.23. The summed E-state index contributed by atoms with van der Waals surface area (Å²) in [6.45, 7) is 4.03. The van der Waals surface area contributed by atoms with Crippen molar-refractivity contribution in [2.75, 3.05) is 6.54 Å². The maximum Gasteiger partial charge on any atom is 0.240 e. The van der Waals surface area contributed by atoms with Crippen LogP contribution in [0.1, 0.15) is 37.0 Å². The number of hydrogen-bond donors (Lipinski definition) is 2. The minimum Gasteiger partial charge on any atom is -0.387 e. The summed E-state index contributed by atoms with van der Waals surface area (Å²) < 4.78 is 29.4. The Morgan fingerprint density at radius 3 is 2.38 bits per heavy atom. The van der Waals surface area contributed by atoms with E-state index in [1.807, 2.05) is 54.2 Å². The van der Waals surface area contributed by atoms with Crippen LogP contribution in [-0.4, -0.2) is 24.6 Å². The van der Waals surface area contributed by atoms with E-state index in [2.05, 4.69) is 18.6 Å². The third-order valence-corrected chi connectivity index (χ3v) is 6.05. The largest absolute Gasteiger partial charge is 0.387 e. The van der Waals surface area contributed by atoms with Gasteiger partial charge in [-0.2, -0.15) is 0 Å². The second-order valence-electron chi connectivity index (χ2n) is 6.80. The standard InChI is InChI=1S/C20H24N2O3S/c1-14(2)15-8-10-16(11-9-15)26(24,25)21-12-20(23)18-13-22(3)19-7-5-4-6-17(18)19/h4-11,13-14,20-21,23H,12H2,1-3H3. The highest BCUT2D eigenvalue weighted by molar-refractivity contribution is 7.89. The molecule has 0 saturated carbocycles. The summed E-state index contributed by atoms with van der Waals surface area (Å²) in [7, 11) is -1.77. The van der Waals surface area contributed by atoms with Crippen LogP contribution < -0.4 is 4.72 Å². The van der Waals surface area contributed by atoms with Crippen molar-refractivity contribution in [1.29, 1.82) is 0 Å². The van der Waals surface area contributed by atoms with Crippen molar-refractivity contribution in [3.05, 3.63) is 65.9 Å². The van der Waals surface area contributed by atoms with Crippen LogP contribution in [0.2, 0.25) is 0 Å². The molecule has 0 amide bonds. The molecule has 1 aromatic heterocycles. The van der Waals surface area contributed by atoms with Gasteiger partial charge in [-0.15, -0.1) is 0 Å². The van der Waals surface area contributed by atoms with Gasteiger partial charge in [0.2, 0.25) is 10.0 Å². The van der Waals surface area contributed by atoms with Crippen molar-refractivity contribution in [1.82, 2.24) is 9.29 Å². The third-order valence-electron chi connectivity index (χ3n) is 4.61. The summed E-state index contributed by atoms with van der Waals surface area (Å²) in [6, 6.07) is 14.6.